The summed E-state index contributed by atoms with van der Waals surface area (Å²) in [5.74, 6) is -3.70. The van der Waals surface area contributed by atoms with Crippen molar-refractivity contribution in [3.8, 4) is 0 Å². The Balaban J connectivity index is 1.99. The molecule has 38 heavy (non-hydrogen) atoms. The van der Waals surface area contributed by atoms with E-state index in [1.165, 1.54) is 6.92 Å². The molecule has 2 aromatic carbocycles. The Kier molecular flexibility index (Phi) is 8.54. The smallest absolute Gasteiger partial charge is 0.335 e. The van der Waals surface area contributed by atoms with E-state index in [1.54, 1.807) is 0 Å². The van der Waals surface area contributed by atoms with Gasteiger partial charge >= 0.3 is 11.9 Å². The number of rotatable bonds is 10. The van der Waals surface area contributed by atoms with E-state index >= 15 is 0 Å². The van der Waals surface area contributed by atoms with Crippen molar-refractivity contribution in [3.05, 3.63) is 57.6 Å². The molecule has 17 heteroatoms. The van der Waals surface area contributed by atoms with Gasteiger partial charge in [-0.25, -0.2) is 39.6 Å². The Bertz CT molecular complexity index is 1630. The van der Waals surface area contributed by atoms with E-state index < -0.39 is 76.0 Å². The maximum absolute atomic E-state index is 13.7. The summed E-state index contributed by atoms with van der Waals surface area (Å²) in [5.41, 5.74) is -2.24. The van der Waals surface area contributed by atoms with E-state index in [1.807, 2.05) is 0 Å². The van der Waals surface area contributed by atoms with Crippen LogP contribution in [-0.2, 0) is 29.9 Å². The van der Waals surface area contributed by atoms with Gasteiger partial charge in [-0.1, -0.05) is 23.2 Å². The van der Waals surface area contributed by atoms with Crippen LogP contribution >= 0.6 is 23.2 Å². The molecule has 0 amide bonds. The summed E-state index contributed by atoms with van der Waals surface area (Å²) in [5, 5.41) is 17.9. The lowest BCUT2D eigenvalue weighted by molar-refractivity contribution is 0.0685. The van der Waals surface area contributed by atoms with Crippen molar-refractivity contribution in [3.63, 3.8) is 0 Å². The van der Waals surface area contributed by atoms with Gasteiger partial charge in [0.25, 0.3) is 0 Å². The second kappa shape index (κ2) is 10.7. The number of halogens is 2. The molecule has 12 nitrogen and oxygen atoms in total. The second-order valence-corrected chi connectivity index (χ2v) is 15.3. The molecule has 1 atom stereocenters. The van der Waals surface area contributed by atoms with E-state index in [0.29, 0.717) is 0 Å². The molecular weight excluding hydrogens is 607 g/mol. The number of sulfone groups is 1. The minimum Gasteiger partial charge on any atom is -0.478 e. The van der Waals surface area contributed by atoms with Crippen LogP contribution in [0.1, 0.15) is 34.1 Å². The fraction of sp³-hybridized carbons (Fsp3) is 0.333. The number of nitrogens with one attached hydrogen (secondary N) is 1. The van der Waals surface area contributed by atoms with Crippen LogP contribution in [0, 0.1) is 0 Å². The summed E-state index contributed by atoms with van der Waals surface area (Å²) in [7, 11) is -12.7. The van der Waals surface area contributed by atoms with Crippen LogP contribution in [0.5, 0.6) is 0 Å². The van der Waals surface area contributed by atoms with Gasteiger partial charge in [0, 0.05) is 18.6 Å². The van der Waals surface area contributed by atoms with Gasteiger partial charge in [0.2, 0.25) is 20.0 Å². The Morgan fingerprint density at radius 3 is 1.95 bits per heavy atom. The van der Waals surface area contributed by atoms with E-state index in [0.717, 1.165) is 40.7 Å². The van der Waals surface area contributed by atoms with Gasteiger partial charge in [0.1, 0.15) is 9.79 Å². The third-order valence-corrected chi connectivity index (χ3v) is 12.3. The van der Waals surface area contributed by atoms with E-state index in [9.17, 15) is 39.9 Å². The average Bonchev–Trinajstić information content (AvgIpc) is 3.09. The first-order chi connectivity index (χ1) is 17.4. The third-order valence-electron chi connectivity index (χ3n) is 5.91. The van der Waals surface area contributed by atoms with E-state index in [2.05, 4.69) is 4.72 Å². The maximum atomic E-state index is 13.7. The lowest BCUT2D eigenvalue weighted by atomic mass is 10.0. The molecule has 1 fully saturated rings. The van der Waals surface area contributed by atoms with Gasteiger partial charge in [-0.05, 0) is 49.7 Å². The molecule has 0 unspecified atom stereocenters. The molecule has 3 rings (SSSR count). The van der Waals surface area contributed by atoms with Gasteiger partial charge in [-0.15, -0.1) is 0 Å². The molecule has 0 radical (unpaired) electrons. The number of carboxylic acids is 2. The Morgan fingerprint density at radius 2 is 1.47 bits per heavy atom. The number of hydrogen-bond acceptors (Lipinski definition) is 8. The summed E-state index contributed by atoms with van der Waals surface area (Å²) in [6.45, 7) is 0.240. The Labute approximate surface area is 229 Å². The molecule has 1 aliphatic rings. The van der Waals surface area contributed by atoms with Crippen LogP contribution in [0.25, 0.3) is 0 Å². The van der Waals surface area contributed by atoms with E-state index in [4.69, 9.17) is 28.3 Å². The van der Waals surface area contributed by atoms with Gasteiger partial charge in [-0.3, -0.25) is 0 Å². The highest BCUT2D eigenvalue weighted by Gasteiger charge is 2.48. The zero-order valence-corrected chi connectivity index (χ0v) is 23.5. The van der Waals surface area contributed by atoms with Crippen molar-refractivity contribution in [1.29, 1.82) is 0 Å². The third kappa shape index (κ3) is 6.30. The number of benzene rings is 2. The molecule has 0 aromatic heterocycles. The molecule has 2 aromatic rings. The summed E-state index contributed by atoms with van der Waals surface area (Å²) >= 11 is 12.0. The van der Waals surface area contributed by atoms with Crippen molar-refractivity contribution in [2.45, 2.75) is 28.7 Å². The molecule has 0 saturated carbocycles. The van der Waals surface area contributed by atoms with Crippen LogP contribution in [0.15, 0.2) is 46.2 Å². The van der Waals surface area contributed by atoms with Crippen LogP contribution in [0.3, 0.4) is 0 Å². The summed E-state index contributed by atoms with van der Waals surface area (Å²) in [6.07, 6.45) is -0.107. The van der Waals surface area contributed by atoms with E-state index in [-0.39, 0.29) is 33.3 Å². The molecule has 208 valence electrons. The van der Waals surface area contributed by atoms with Crippen LogP contribution in [-0.4, -0.2) is 81.8 Å². The first-order valence-electron chi connectivity index (χ1n) is 10.7. The van der Waals surface area contributed by atoms with Gasteiger partial charge in [0.05, 0.1) is 32.7 Å². The zero-order chi connectivity index (χ0) is 28.7. The fourth-order valence-corrected chi connectivity index (χ4v) is 10.1. The predicted octanol–water partition coefficient (Wildman–Crippen LogP) is 1.94. The fourth-order valence-electron chi connectivity index (χ4n) is 4.02. The van der Waals surface area contributed by atoms with Crippen molar-refractivity contribution in [2.24, 2.45) is 0 Å². The number of carboxylic acid groups (broad SMARTS) is 2. The Morgan fingerprint density at radius 1 is 0.974 bits per heavy atom. The summed E-state index contributed by atoms with van der Waals surface area (Å²) in [6, 6.07) is 6.03. The quantitative estimate of drug-likeness (QED) is 0.350. The van der Waals surface area contributed by atoms with Gasteiger partial charge in [0.15, 0.2) is 9.84 Å². The molecule has 1 saturated heterocycles. The highest BCUT2D eigenvalue weighted by molar-refractivity contribution is 7.92. The summed E-state index contributed by atoms with van der Waals surface area (Å²) < 4.78 is 80.7. The van der Waals surface area contributed by atoms with Crippen molar-refractivity contribution >= 4 is 65.0 Å². The highest BCUT2D eigenvalue weighted by Crippen LogP contribution is 2.36. The van der Waals surface area contributed by atoms with Crippen molar-refractivity contribution < 1.29 is 45.1 Å². The largest absolute Gasteiger partial charge is 0.478 e. The van der Waals surface area contributed by atoms with Gasteiger partial charge in [-0.2, -0.15) is 4.31 Å². The lowest BCUT2D eigenvalue weighted by Gasteiger charge is -2.36. The Hall–Kier alpha value is -2.27. The molecule has 0 spiro atoms. The number of aromatic carboxylic acids is 2. The minimum atomic E-state index is -4.65. The molecule has 3 N–H and O–H groups in total. The lowest BCUT2D eigenvalue weighted by Crippen LogP contribution is -2.53. The second-order valence-electron chi connectivity index (χ2n) is 8.71. The van der Waals surface area contributed by atoms with Crippen LogP contribution in [0.4, 0.5) is 0 Å². The van der Waals surface area contributed by atoms with Crippen LogP contribution < -0.4 is 4.72 Å². The minimum absolute atomic E-state index is 0.107. The number of carbonyl (C=O) groups is 2. The SMILES string of the molecule is C[C@@]1(N(CCNS(=O)(=O)c2cc(C(=O)O)ccc2Cl)S(=O)(=O)c2cc(C(=O)O)ccc2Cl)CCS(=O)(=O)C1. The summed E-state index contributed by atoms with van der Waals surface area (Å²) in [4.78, 5) is 21.5. The molecule has 1 heterocycles. The first kappa shape index (κ1) is 30.3. The average molecular weight is 630 g/mol. The monoisotopic (exact) mass is 628 g/mol. The van der Waals surface area contributed by atoms with Crippen molar-refractivity contribution in [1.82, 2.24) is 9.03 Å². The highest BCUT2D eigenvalue weighted by atomic mass is 35.5. The van der Waals surface area contributed by atoms with Crippen molar-refractivity contribution in [2.75, 3.05) is 24.6 Å². The number of hydrogen-bond donors (Lipinski definition) is 3. The first-order valence-corrected chi connectivity index (χ1v) is 16.2. The molecule has 1 aliphatic heterocycles. The van der Waals surface area contributed by atoms with Gasteiger partial charge < -0.3 is 10.2 Å². The number of sulfonamides is 2. The maximum Gasteiger partial charge on any atom is 0.335 e. The molecular formula is C21H22Cl2N2O10S3. The zero-order valence-electron chi connectivity index (χ0n) is 19.6. The standard InChI is InChI=1S/C21H22Cl2N2O10S3/c1-21(6-9-36(30,31)12-21)25(38(34,35)18-11-14(20(28)29)3-5-16(18)23)8-7-24-37(32,33)17-10-13(19(26)27)2-4-15(17)22/h2-5,10-11,24H,6-9,12H2,1H3,(H,26,27)(H,28,29)/t21-/m1/s1. The normalized spacial score (nSPS) is 19.5. The topological polar surface area (TPSA) is 192 Å². The number of nitrogens with zero attached hydrogens (tertiary/aromatic N) is 1. The molecule has 0 aliphatic carbocycles. The predicted molar refractivity (Wildman–Crippen MR) is 138 cm³/mol. The van der Waals surface area contributed by atoms with Crippen LogP contribution in [0.2, 0.25) is 10.0 Å². The molecule has 0 bridgehead atoms.